The van der Waals surface area contributed by atoms with Gasteiger partial charge >= 0.3 is 0 Å². The van der Waals surface area contributed by atoms with Gasteiger partial charge in [0.2, 0.25) is 0 Å². The van der Waals surface area contributed by atoms with Gasteiger partial charge in [-0.25, -0.2) is 0 Å². The fourth-order valence-corrected chi connectivity index (χ4v) is 2.91. The molecule has 1 aromatic carbocycles. The third-order valence-electron chi connectivity index (χ3n) is 3.37. The summed E-state index contributed by atoms with van der Waals surface area (Å²) in [5.41, 5.74) is 8.34. The summed E-state index contributed by atoms with van der Waals surface area (Å²) in [6.07, 6.45) is 0. The van der Waals surface area contributed by atoms with Gasteiger partial charge in [-0.1, -0.05) is 30.3 Å². The molecule has 0 aliphatic rings. The molecule has 96 valence electrons. The second-order valence-corrected chi connectivity index (χ2v) is 5.56. The molecule has 1 heterocycles. The summed E-state index contributed by atoms with van der Waals surface area (Å²) in [7, 11) is 2.16. The van der Waals surface area contributed by atoms with Crippen LogP contribution in [0.1, 0.15) is 29.0 Å². The summed E-state index contributed by atoms with van der Waals surface area (Å²) in [5.74, 6) is 0. The molecule has 2 nitrogen and oxygen atoms in total. The van der Waals surface area contributed by atoms with Gasteiger partial charge in [0, 0.05) is 24.0 Å². The molecule has 0 saturated carbocycles. The zero-order chi connectivity index (χ0) is 13.0. The van der Waals surface area contributed by atoms with Crippen molar-refractivity contribution < 1.29 is 0 Å². The minimum absolute atomic E-state index is 0.441. The lowest BCUT2D eigenvalue weighted by Gasteiger charge is -2.24. The van der Waals surface area contributed by atoms with Gasteiger partial charge < -0.3 is 5.73 Å². The largest absolute Gasteiger partial charge is 0.326 e. The maximum atomic E-state index is 5.78. The topological polar surface area (TPSA) is 29.3 Å². The Morgan fingerprint density at radius 2 is 1.89 bits per heavy atom. The second kappa shape index (κ2) is 6.14. The van der Waals surface area contributed by atoms with E-state index in [4.69, 9.17) is 5.73 Å². The molecule has 0 aliphatic heterocycles. The van der Waals surface area contributed by atoms with E-state index in [1.54, 1.807) is 0 Å². The minimum atomic E-state index is 0.441. The van der Waals surface area contributed by atoms with Crippen LogP contribution in [0.4, 0.5) is 0 Å². The van der Waals surface area contributed by atoms with Gasteiger partial charge in [0.05, 0.1) is 0 Å². The highest BCUT2D eigenvalue weighted by Gasteiger charge is 2.13. The van der Waals surface area contributed by atoms with Crippen molar-refractivity contribution in [2.45, 2.75) is 26.1 Å². The quantitative estimate of drug-likeness (QED) is 0.892. The van der Waals surface area contributed by atoms with E-state index in [1.165, 1.54) is 16.0 Å². The van der Waals surface area contributed by atoms with Crippen LogP contribution < -0.4 is 5.73 Å². The molecule has 0 amide bonds. The van der Waals surface area contributed by atoms with Crippen LogP contribution >= 0.6 is 11.3 Å². The van der Waals surface area contributed by atoms with E-state index >= 15 is 0 Å². The Labute approximate surface area is 113 Å². The first-order valence-electron chi connectivity index (χ1n) is 6.23. The summed E-state index contributed by atoms with van der Waals surface area (Å²) in [5, 5.41) is 2.13. The Morgan fingerprint density at radius 3 is 2.50 bits per heavy atom. The molecule has 1 aromatic heterocycles. The zero-order valence-corrected chi connectivity index (χ0v) is 11.8. The summed E-state index contributed by atoms with van der Waals surface area (Å²) in [4.78, 5) is 3.77. The van der Waals surface area contributed by atoms with Crippen molar-refractivity contribution in [2.75, 3.05) is 7.05 Å². The Morgan fingerprint density at radius 1 is 1.17 bits per heavy atom. The van der Waals surface area contributed by atoms with Crippen molar-refractivity contribution in [1.82, 2.24) is 4.90 Å². The molecule has 1 atom stereocenters. The smallest absolute Gasteiger partial charge is 0.0413 e. The van der Waals surface area contributed by atoms with Gasteiger partial charge in [-0.2, -0.15) is 0 Å². The molecule has 3 heteroatoms. The van der Waals surface area contributed by atoms with Crippen molar-refractivity contribution in [1.29, 1.82) is 0 Å². The van der Waals surface area contributed by atoms with Gasteiger partial charge in [-0.05, 0) is 36.5 Å². The fraction of sp³-hybridized carbons (Fsp3) is 0.333. The summed E-state index contributed by atoms with van der Waals surface area (Å²) < 4.78 is 0. The molecule has 2 aromatic rings. The average molecular weight is 260 g/mol. The van der Waals surface area contributed by atoms with Crippen LogP contribution in [0.3, 0.4) is 0 Å². The molecular formula is C15H20N2S. The SMILES string of the molecule is CC(c1cccs1)N(C)Cc1ccccc1CN. The lowest BCUT2D eigenvalue weighted by atomic mass is 10.1. The third-order valence-corrected chi connectivity index (χ3v) is 4.42. The third kappa shape index (κ3) is 2.99. The van der Waals surface area contributed by atoms with Gasteiger partial charge in [0.25, 0.3) is 0 Å². The Kier molecular flexibility index (Phi) is 4.53. The molecule has 2 rings (SSSR count). The molecule has 0 spiro atoms. The van der Waals surface area contributed by atoms with E-state index in [2.05, 4.69) is 54.6 Å². The number of nitrogens with zero attached hydrogens (tertiary/aromatic N) is 1. The first kappa shape index (κ1) is 13.3. The van der Waals surface area contributed by atoms with Crippen LogP contribution in [0.2, 0.25) is 0 Å². The number of rotatable bonds is 5. The van der Waals surface area contributed by atoms with Crippen molar-refractivity contribution in [2.24, 2.45) is 5.73 Å². The average Bonchev–Trinajstić information content (AvgIpc) is 2.92. The summed E-state index contributed by atoms with van der Waals surface area (Å²) in [6.45, 7) is 3.79. The van der Waals surface area contributed by atoms with E-state index in [9.17, 15) is 0 Å². The van der Waals surface area contributed by atoms with Crippen molar-refractivity contribution in [3.05, 3.63) is 57.8 Å². The zero-order valence-electron chi connectivity index (χ0n) is 11.0. The Bertz CT molecular complexity index is 479. The van der Waals surface area contributed by atoms with Crippen LogP contribution in [0.25, 0.3) is 0 Å². The normalized spacial score (nSPS) is 12.9. The van der Waals surface area contributed by atoms with Crippen molar-refractivity contribution in [3.8, 4) is 0 Å². The second-order valence-electron chi connectivity index (χ2n) is 4.58. The van der Waals surface area contributed by atoms with E-state index in [1.807, 2.05) is 17.4 Å². The monoisotopic (exact) mass is 260 g/mol. The maximum absolute atomic E-state index is 5.78. The van der Waals surface area contributed by atoms with Crippen LogP contribution in [-0.4, -0.2) is 11.9 Å². The summed E-state index contributed by atoms with van der Waals surface area (Å²) in [6, 6.07) is 13.2. The number of hydrogen-bond acceptors (Lipinski definition) is 3. The minimum Gasteiger partial charge on any atom is -0.326 e. The molecule has 0 fully saturated rings. The molecule has 1 unspecified atom stereocenters. The van der Waals surface area contributed by atoms with Gasteiger partial charge in [0.1, 0.15) is 0 Å². The lowest BCUT2D eigenvalue weighted by Crippen LogP contribution is -2.22. The van der Waals surface area contributed by atoms with E-state index in [0.29, 0.717) is 12.6 Å². The number of benzene rings is 1. The lowest BCUT2D eigenvalue weighted by molar-refractivity contribution is 0.256. The Balaban J connectivity index is 2.09. The Hall–Kier alpha value is -1.16. The predicted molar refractivity (Wildman–Crippen MR) is 78.5 cm³/mol. The van der Waals surface area contributed by atoms with Crippen LogP contribution in [0.15, 0.2) is 41.8 Å². The maximum Gasteiger partial charge on any atom is 0.0413 e. The van der Waals surface area contributed by atoms with Crippen LogP contribution in [0.5, 0.6) is 0 Å². The molecule has 0 aliphatic carbocycles. The van der Waals surface area contributed by atoms with Crippen molar-refractivity contribution in [3.63, 3.8) is 0 Å². The van der Waals surface area contributed by atoms with Crippen molar-refractivity contribution >= 4 is 11.3 Å². The van der Waals surface area contributed by atoms with Crippen LogP contribution in [-0.2, 0) is 13.1 Å². The number of hydrogen-bond donors (Lipinski definition) is 1. The molecule has 0 saturated heterocycles. The van der Waals surface area contributed by atoms with Gasteiger partial charge in [-0.15, -0.1) is 11.3 Å². The summed E-state index contributed by atoms with van der Waals surface area (Å²) >= 11 is 1.81. The molecule has 0 bridgehead atoms. The highest BCUT2D eigenvalue weighted by molar-refractivity contribution is 7.10. The van der Waals surface area contributed by atoms with E-state index in [0.717, 1.165) is 6.54 Å². The van der Waals surface area contributed by atoms with Gasteiger partial charge in [-0.3, -0.25) is 4.90 Å². The molecule has 0 radical (unpaired) electrons. The van der Waals surface area contributed by atoms with Crippen LogP contribution in [0, 0.1) is 0 Å². The number of thiophene rings is 1. The molecular weight excluding hydrogens is 240 g/mol. The standard InChI is InChI=1S/C15H20N2S/c1-12(15-8-5-9-18-15)17(2)11-14-7-4-3-6-13(14)10-16/h3-9,12H,10-11,16H2,1-2H3. The number of nitrogens with two attached hydrogens (primary N) is 1. The highest BCUT2D eigenvalue weighted by Crippen LogP contribution is 2.25. The molecule has 2 N–H and O–H groups in total. The first-order chi connectivity index (χ1) is 8.72. The fourth-order valence-electron chi connectivity index (χ4n) is 2.06. The first-order valence-corrected chi connectivity index (χ1v) is 7.11. The molecule has 18 heavy (non-hydrogen) atoms. The van der Waals surface area contributed by atoms with E-state index < -0.39 is 0 Å². The predicted octanol–water partition coefficient (Wildman–Crippen LogP) is 3.40. The van der Waals surface area contributed by atoms with E-state index in [-0.39, 0.29) is 0 Å². The highest BCUT2D eigenvalue weighted by atomic mass is 32.1. The van der Waals surface area contributed by atoms with Gasteiger partial charge in [0.15, 0.2) is 0 Å².